The van der Waals surface area contributed by atoms with Gasteiger partial charge in [0.25, 0.3) is 0 Å². The number of aliphatic imine (C=N–C) groups is 1. The highest BCUT2D eigenvalue weighted by Gasteiger charge is 2.31. The molecule has 0 saturated heterocycles. The van der Waals surface area contributed by atoms with Crippen LogP contribution in [0.3, 0.4) is 0 Å². The molecule has 6 heteroatoms. The molecule has 1 aromatic rings. The highest BCUT2D eigenvalue weighted by molar-refractivity contribution is 5.93. The Bertz CT molecular complexity index is 703. The van der Waals surface area contributed by atoms with Gasteiger partial charge in [-0.1, -0.05) is 37.8 Å². The molecule has 2 aliphatic carbocycles. The summed E-state index contributed by atoms with van der Waals surface area (Å²) in [7, 11) is 0. The van der Waals surface area contributed by atoms with Gasteiger partial charge in [0.05, 0.1) is 6.54 Å². The first-order valence-corrected chi connectivity index (χ1v) is 11.7. The maximum absolute atomic E-state index is 12.2. The molecule has 2 aliphatic rings. The summed E-state index contributed by atoms with van der Waals surface area (Å²) in [6.07, 6.45) is 10.1. The minimum absolute atomic E-state index is 0.138. The Morgan fingerprint density at radius 3 is 2.63 bits per heavy atom. The number of hydrogen-bond acceptors (Lipinski definition) is 3. The second-order valence-electron chi connectivity index (χ2n) is 8.90. The van der Waals surface area contributed by atoms with Crippen LogP contribution in [0.25, 0.3) is 0 Å². The molecule has 166 valence electrons. The van der Waals surface area contributed by atoms with E-state index >= 15 is 0 Å². The Morgan fingerprint density at radius 2 is 1.97 bits per heavy atom. The van der Waals surface area contributed by atoms with Crippen molar-refractivity contribution in [2.75, 3.05) is 25.0 Å². The molecular weight excluding hydrogens is 376 g/mol. The van der Waals surface area contributed by atoms with E-state index in [1.165, 1.54) is 32.1 Å². The zero-order valence-electron chi connectivity index (χ0n) is 18.4. The number of aliphatic hydroxyl groups is 1. The first-order chi connectivity index (χ1) is 14.6. The van der Waals surface area contributed by atoms with Gasteiger partial charge in [-0.25, -0.2) is 4.99 Å². The van der Waals surface area contributed by atoms with Crippen LogP contribution in [0.15, 0.2) is 29.3 Å². The summed E-state index contributed by atoms with van der Waals surface area (Å²) in [4.78, 5) is 17.0. The van der Waals surface area contributed by atoms with E-state index in [0.717, 1.165) is 56.0 Å². The highest BCUT2D eigenvalue weighted by Crippen LogP contribution is 2.38. The van der Waals surface area contributed by atoms with Crippen LogP contribution >= 0.6 is 0 Å². The van der Waals surface area contributed by atoms with E-state index in [1.807, 2.05) is 24.3 Å². The lowest BCUT2D eigenvalue weighted by atomic mass is 9.72. The Labute approximate surface area is 180 Å². The number of aliphatic hydroxyl groups excluding tert-OH is 1. The molecule has 30 heavy (non-hydrogen) atoms. The molecular formula is C24H38N4O2. The average Bonchev–Trinajstić information content (AvgIpc) is 2.70. The van der Waals surface area contributed by atoms with Crippen LogP contribution in [0, 0.1) is 11.3 Å². The smallest absolute Gasteiger partial charge is 0.227 e. The minimum Gasteiger partial charge on any atom is -0.396 e. The van der Waals surface area contributed by atoms with Gasteiger partial charge < -0.3 is 21.1 Å². The zero-order valence-corrected chi connectivity index (χ0v) is 18.4. The van der Waals surface area contributed by atoms with E-state index in [2.05, 4.69) is 22.9 Å². The zero-order chi connectivity index (χ0) is 21.2. The van der Waals surface area contributed by atoms with Gasteiger partial charge in [-0.2, -0.15) is 0 Å². The largest absolute Gasteiger partial charge is 0.396 e. The van der Waals surface area contributed by atoms with Gasteiger partial charge in [0.1, 0.15) is 0 Å². The molecule has 0 spiro atoms. The quantitative estimate of drug-likeness (QED) is 0.366. The third-order valence-electron chi connectivity index (χ3n) is 6.62. The normalized spacial score (nSPS) is 19.1. The summed E-state index contributed by atoms with van der Waals surface area (Å²) in [6.45, 7) is 4.51. The number of carbonyl (C=O) groups excluding carboxylic acids is 1. The highest BCUT2D eigenvalue weighted by atomic mass is 16.3. The van der Waals surface area contributed by atoms with Gasteiger partial charge in [-0.05, 0) is 62.1 Å². The number of carbonyl (C=O) groups is 1. The summed E-state index contributed by atoms with van der Waals surface area (Å²) in [5.74, 6) is 1.13. The van der Waals surface area contributed by atoms with Crippen LogP contribution < -0.4 is 16.0 Å². The van der Waals surface area contributed by atoms with Crippen molar-refractivity contribution in [3.05, 3.63) is 29.8 Å². The van der Waals surface area contributed by atoms with Crippen molar-refractivity contribution >= 4 is 17.6 Å². The number of guanidine groups is 1. The van der Waals surface area contributed by atoms with Crippen molar-refractivity contribution in [2.45, 2.75) is 71.3 Å². The van der Waals surface area contributed by atoms with E-state index < -0.39 is 0 Å². The third-order valence-corrected chi connectivity index (χ3v) is 6.62. The SMILES string of the molecule is CCNC(=NCc1cccc(NC(=O)C2CCC2)c1)NCC1(CCO)CCCCC1. The summed E-state index contributed by atoms with van der Waals surface area (Å²) in [5, 5.41) is 19.4. The second-order valence-corrected chi connectivity index (χ2v) is 8.90. The fraction of sp³-hybridized carbons (Fsp3) is 0.667. The Kier molecular flexibility index (Phi) is 8.55. The number of rotatable bonds is 9. The Balaban J connectivity index is 1.58. The van der Waals surface area contributed by atoms with Crippen LogP contribution in [0.4, 0.5) is 5.69 Å². The molecule has 3 rings (SSSR count). The predicted octanol–water partition coefficient (Wildman–Crippen LogP) is 3.81. The van der Waals surface area contributed by atoms with Crippen LogP contribution in [0.2, 0.25) is 0 Å². The molecule has 2 fully saturated rings. The van der Waals surface area contributed by atoms with E-state index in [1.54, 1.807) is 0 Å². The number of benzene rings is 1. The Morgan fingerprint density at radius 1 is 1.17 bits per heavy atom. The number of hydrogen-bond donors (Lipinski definition) is 4. The van der Waals surface area contributed by atoms with E-state index in [4.69, 9.17) is 4.99 Å². The molecule has 0 heterocycles. The molecule has 6 nitrogen and oxygen atoms in total. The summed E-state index contributed by atoms with van der Waals surface area (Å²) >= 11 is 0. The lowest BCUT2D eigenvalue weighted by Gasteiger charge is -2.37. The molecule has 2 saturated carbocycles. The fourth-order valence-corrected chi connectivity index (χ4v) is 4.50. The molecule has 4 N–H and O–H groups in total. The maximum atomic E-state index is 12.2. The first kappa shape index (κ1) is 22.6. The third kappa shape index (κ3) is 6.46. The van der Waals surface area contributed by atoms with Crippen LogP contribution in [-0.4, -0.2) is 36.7 Å². The fourth-order valence-electron chi connectivity index (χ4n) is 4.50. The molecule has 1 amide bonds. The molecule has 1 aromatic carbocycles. The minimum atomic E-state index is 0.138. The lowest BCUT2D eigenvalue weighted by molar-refractivity contribution is -0.122. The summed E-state index contributed by atoms with van der Waals surface area (Å²) in [6, 6.07) is 7.97. The van der Waals surface area contributed by atoms with Crippen molar-refractivity contribution in [2.24, 2.45) is 16.3 Å². The van der Waals surface area contributed by atoms with Gasteiger partial charge in [0.15, 0.2) is 5.96 Å². The molecule has 0 radical (unpaired) electrons. The van der Waals surface area contributed by atoms with Crippen molar-refractivity contribution in [1.82, 2.24) is 10.6 Å². The number of anilines is 1. The maximum Gasteiger partial charge on any atom is 0.227 e. The van der Waals surface area contributed by atoms with Gasteiger partial charge in [0.2, 0.25) is 5.91 Å². The Hall–Kier alpha value is -2.08. The summed E-state index contributed by atoms with van der Waals surface area (Å²) in [5.41, 5.74) is 2.09. The standard InChI is InChI=1S/C24H38N4O2/c1-2-25-23(27-18-24(14-15-29)12-4-3-5-13-24)26-17-19-8-6-11-21(16-19)28-22(30)20-9-7-10-20/h6,8,11,16,20,29H,2-5,7,9-10,12-15,17-18H2,1H3,(H,28,30)(H2,25,26,27). The molecule has 0 bridgehead atoms. The first-order valence-electron chi connectivity index (χ1n) is 11.7. The van der Waals surface area contributed by atoms with E-state index in [0.29, 0.717) is 6.54 Å². The van der Waals surface area contributed by atoms with Gasteiger partial charge in [-0.15, -0.1) is 0 Å². The number of nitrogens with one attached hydrogen (secondary N) is 3. The lowest BCUT2D eigenvalue weighted by Crippen LogP contribution is -2.44. The van der Waals surface area contributed by atoms with Crippen molar-refractivity contribution in [3.8, 4) is 0 Å². The van der Waals surface area contributed by atoms with Gasteiger partial charge >= 0.3 is 0 Å². The van der Waals surface area contributed by atoms with Gasteiger partial charge in [-0.3, -0.25) is 4.79 Å². The number of nitrogens with zero attached hydrogens (tertiary/aromatic N) is 1. The molecule has 0 aromatic heterocycles. The average molecular weight is 415 g/mol. The van der Waals surface area contributed by atoms with Crippen molar-refractivity contribution < 1.29 is 9.90 Å². The second kappa shape index (κ2) is 11.3. The van der Waals surface area contributed by atoms with E-state index in [-0.39, 0.29) is 23.8 Å². The van der Waals surface area contributed by atoms with Crippen molar-refractivity contribution in [3.63, 3.8) is 0 Å². The van der Waals surface area contributed by atoms with Crippen LogP contribution in [-0.2, 0) is 11.3 Å². The van der Waals surface area contributed by atoms with Gasteiger partial charge in [0, 0.05) is 31.3 Å². The molecule has 0 unspecified atom stereocenters. The summed E-state index contributed by atoms with van der Waals surface area (Å²) < 4.78 is 0. The molecule has 0 aliphatic heterocycles. The van der Waals surface area contributed by atoms with Crippen molar-refractivity contribution in [1.29, 1.82) is 0 Å². The number of amides is 1. The monoisotopic (exact) mass is 414 g/mol. The molecule has 0 atom stereocenters. The van der Waals surface area contributed by atoms with Crippen LogP contribution in [0.5, 0.6) is 0 Å². The van der Waals surface area contributed by atoms with Crippen LogP contribution in [0.1, 0.15) is 70.3 Å². The van der Waals surface area contributed by atoms with E-state index in [9.17, 15) is 9.90 Å². The topological polar surface area (TPSA) is 85.8 Å². The predicted molar refractivity (Wildman–Crippen MR) is 122 cm³/mol.